The summed E-state index contributed by atoms with van der Waals surface area (Å²) < 4.78 is 31.2. The molecule has 0 aliphatic carbocycles. The van der Waals surface area contributed by atoms with Crippen molar-refractivity contribution in [3.05, 3.63) is 45.7 Å². The molecule has 8 heteroatoms. The zero-order valence-corrected chi connectivity index (χ0v) is 13.4. The second kappa shape index (κ2) is 5.94. The minimum absolute atomic E-state index is 0.0719. The highest BCUT2D eigenvalue weighted by molar-refractivity contribution is 14.1. The molecule has 2 rings (SSSR count). The number of carbonyl (C=O) groups is 1. The molecule has 1 heterocycles. The largest absolute Gasteiger partial charge is 0.438 e. The highest BCUT2D eigenvalue weighted by Crippen LogP contribution is 2.16. The van der Waals surface area contributed by atoms with Crippen LogP contribution in [0, 0.1) is 3.57 Å². The van der Waals surface area contributed by atoms with Crippen LogP contribution in [0.1, 0.15) is 10.6 Å². The van der Waals surface area contributed by atoms with E-state index in [1.807, 2.05) is 12.1 Å². The van der Waals surface area contributed by atoms with E-state index in [0.29, 0.717) is 5.69 Å². The smallest absolute Gasteiger partial charge is 0.291 e. The molecule has 1 aromatic heterocycles. The minimum atomic E-state index is -3.69. The predicted octanol–water partition coefficient (Wildman–Crippen LogP) is 2.04. The average molecular weight is 406 g/mol. The van der Waals surface area contributed by atoms with Crippen molar-refractivity contribution in [1.29, 1.82) is 0 Å². The van der Waals surface area contributed by atoms with Crippen molar-refractivity contribution >= 4 is 44.2 Å². The van der Waals surface area contributed by atoms with Gasteiger partial charge < -0.3 is 9.73 Å². The molecule has 0 saturated carbocycles. The summed E-state index contributed by atoms with van der Waals surface area (Å²) in [6.07, 6.45) is 0. The highest BCUT2D eigenvalue weighted by Gasteiger charge is 2.19. The second-order valence-electron chi connectivity index (χ2n) is 3.79. The first-order valence-electron chi connectivity index (χ1n) is 5.52. The Labute approximate surface area is 129 Å². The van der Waals surface area contributed by atoms with E-state index in [-0.39, 0.29) is 10.9 Å². The summed E-state index contributed by atoms with van der Waals surface area (Å²) in [6, 6.07) is 9.72. The molecule has 6 nitrogen and oxygen atoms in total. The molecule has 0 fully saturated rings. The Morgan fingerprint density at radius 3 is 2.40 bits per heavy atom. The molecule has 1 amide bonds. The maximum atomic E-state index is 11.9. The summed E-state index contributed by atoms with van der Waals surface area (Å²) in [5.41, 5.74) is 0.602. The predicted molar refractivity (Wildman–Crippen MR) is 82.1 cm³/mol. The molecule has 0 aliphatic rings. The number of carbonyl (C=O) groups excluding carboxylic acids is 1. The van der Waals surface area contributed by atoms with Gasteiger partial charge in [0.15, 0.2) is 5.76 Å². The van der Waals surface area contributed by atoms with Crippen molar-refractivity contribution in [3.63, 3.8) is 0 Å². The maximum Gasteiger partial charge on any atom is 0.291 e. The monoisotopic (exact) mass is 406 g/mol. The molecule has 106 valence electrons. The lowest BCUT2D eigenvalue weighted by atomic mass is 10.3. The first-order valence-corrected chi connectivity index (χ1v) is 8.09. The third-order valence-corrected chi connectivity index (χ3v) is 4.45. The van der Waals surface area contributed by atoms with E-state index in [2.05, 4.69) is 32.6 Å². The highest BCUT2D eigenvalue weighted by atomic mass is 127. The summed E-state index contributed by atoms with van der Waals surface area (Å²) in [5.74, 6) is -0.582. The number of hydrogen-bond donors (Lipinski definition) is 2. The van der Waals surface area contributed by atoms with Gasteiger partial charge in [0.1, 0.15) is 0 Å². The molecule has 0 radical (unpaired) electrons. The van der Waals surface area contributed by atoms with E-state index in [9.17, 15) is 13.2 Å². The van der Waals surface area contributed by atoms with Gasteiger partial charge in [0.2, 0.25) is 5.09 Å². The summed E-state index contributed by atoms with van der Waals surface area (Å²) in [7, 11) is -2.42. The maximum absolute atomic E-state index is 11.9. The van der Waals surface area contributed by atoms with Gasteiger partial charge in [0.25, 0.3) is 15.9 Å². The van der Waals surface area contributed by atoms with Gasteiger partial charge in [0, 0.05) is 9.26 Å². The van der Waals surface area contributed by atoms with Crippen LogP contribution in [0.2, 0.25) is 0 Å². The molecule has 2 N–H and O–H groups in total. The summed E-state index contributed by atoms with van der Waals surface area (Å²) >= 11 is 2.15. The standard InChI is InChI=1S/C12H11IN2O4S/c1-14-20(17,18)11-7-6-10(19-11)12(16)15-9-4-2-8(13)3-5-9/h2-7,14H,1H3,(H,15,16). The third-order valence-electron chi connectivity index (χ3n) is 2.44. The van der Waals surface area contributed by atoms with Gasteiger partial charge in [-0.05, 0) is 66.0 Å². The molecule has 20 heavy (non-hydrogen) atoms. The van der Waals surface area contributed by atoms with Crippen LogP contribution in [0.5, 0.6) is 0 Å². The first kappa shape index (κ1) is 15.0. The van der Waals surface area contributed by atoms with E-state index in [4.69, 9.17) is 4.42 Å². The van der Waals surface area contributed by atoms with Gasteiger partial charge in [0.05, 0.1) is 0 Å². The van der Waals surface area contributed by atoms with E-state index in [0.717, 1.165) is 3.57 Å². The van der Waals surface area contributed by atoms with E-state index < -0.39 is 15.9 Å². The Morgan fingerprint density at radius 2 is 1.80 bits per heavy atom. The number of hydrogen-bond acceptors (Lipinski definition) is 4. The van der Waals surface area contributed by atoms with E-state index in [1.165, 1.54) is 19.2 Å². The van der Waals surface area contributed by atoms with Crippen LogP contribution in [-0.4, -0.2) is 21.4 Å². The van der Waals surface area contributed by atoms with Crippen molar-refractivity contribution < 1.29 is 17.6 Å². The van der Waals surface area contributed by atoms with E-state index in [1.54, 1.807) is 12.1 Å². The molecule has 0 unspecified atom stereocenters. The number of rotatable bonds is 4. The molecule has 0 spiro atoms. The number of benzene rings is 1. The van der Waals surface area contributed by atoms with E-state index >= 15 is 0 Å². The molecular weight excluding hydrogens is 395 g/mol. The fourth-order valence-electron chi connectivity index (χ4n) is 1.41. The Morgan fingerprint density at radius 1 is 1.15 bits per heavy atom. The fourth-order valence-corrected chi connectivity index (χ4v) is 2.42. The Bertz CT molecular complexity index is 722. The summed E-state index contributed by atoms with van der Waals surface area (Å²) in [6.45, 7) is 0. The molecule has 0 atom stereocenters. The minimum Gasteiger partial charge on any atom is -0.438 e. The molecular formula is C12H11IN2O4S. The van der Waals surface area contributed by atoms with Gasteiger partial charge in [-0.15, -0.1) is 0 Å². The lowest BCUT2D eigenvalue weighted by molar-refractivity contribution is 0.0991. The van der Waals surface area contributed by atoms with Crippen LogP contribution in [-0.2, 0) is 10.0 Å². The van der Waals surface area contributed by atoms with Gasteiger partial charge in [-0.3, -0.25) is 4.79 Å². The molecule has 0 saturated heterocycles. The fraction of sp³-hybridized carbons (Fsp3) is 0.0833. The Kier molecular flexibility index (Phi) is 4.45. The quantitative estimate of drug-likeness (QED) is 0.761. The number of anilines is 1. The van der Waals surface area contributed by atoms with Crippen LogP contribution in [0.4, 0.5) is 5.69 Å². The van der Waals surface area contributed by atoms with Crippen molar-refractivity contribution in [2.75, 3.05) is 12.4 Å². The number of halogens is 1. The van der Waals surface area contributed by atoms with Gasteiger partial charge in [-0.25, -0.2) is 13.1 Å². The van der Waals surface area contributed by atoms with Crippen molar-refractivity contribution in [2.45, 2.75) is 5.09 Å². The lowest BCUT2D eigenvalue weighted by Crippen LogP contribution is -2.18. The zero-order chi connectivity index (χ0) is 14.8. The van der Waals surface area contributed by atoms with Gasteiger partial charge >= 0.3 is 0 Å². The van der Waals surface area contributed by atoms with Gasteiger partial charge in [-0.1, -0.05) is 0 Å². The van der Waals surface area contributed by atoms with Crippen molar-refractivity contribution in [2.24, 2.45) is 0 Å². The number of sulfonamides is 1. The SMILES string of the molecule is CNS(=O)(=O)c1ccc(C(=O)Nc2ccc(I)cc2)o1. The average Bonchev–Trinajstić information content (AvgIpc) is 2.92. The topological polar surface area (TPSA) is 88.4 Å². The molecule has 2 aromatic rings. The Balaban J connectivity index is 2.16. The van der Waals surface area contributed by atoms with Crippen molar-refractivity contribution in [3.8, 4) is 0 Å². The normalized spacial score (nSPS) is 11.3. The van der Waals surface area contributed by atoms with Crippen molar-refractivity contribution in [1.82, 2.24) is 4.72 Å². The van der Waals surface area contributed by atoms with Crippen LogP contribution in [0.25, 0.3) is 0 Å². The summed E-state index contributed by atoms with van der Waals surface area (Å²) in [5, 5.41) is 2.32. The number of nitrogens with one attached hydrogen (secondary N) is 2. The second-order valence-corrected chi connectivity index (χ2v) is 6.85. The van der Waals surface area contributed by atoms with Gasteiger partial charge in [-0.2, -0.15) is 0 Å². The summed E-state index contributed by atoms with van der Waals surface area (Å²) in [4.78, 5) is 11.9. The molecule has 1 aromatic carbocycles. The van der Waals surface area contributed by atoms with Crippen LogP contribution in [0.3, 0.4) is 0 Å². The number of amides is 1. The molecule has 0 aliphatic heterocycles. The van der Waals surface area contributed by atoms with Crippen LogP contribution >= 0.6 is 22.6 Å². The zero-order valence-electron chi connectivity index (χ0n) is 10.4. The van der Waals surface area contributed by atoms with Crippen LogP contribution in [0.15, 0.2) is 45.9 Å². The third kappa shape index (κ3) is 3.38. The number of furan rings is 1. The van der Waals surface area contributed by atoms with Crippen LogP contribution < -0.4 is 10.0 Å². The first-order chi connectivity index (χ1) is 9.42. The Hall–Kier alpha value is -1.39. The lowest BCUT2D eigenvalue weighted by Gasteiger charge is -2.03. The molecule has 0 bridgehead atoms.